The molecular formula is C12H15FN2O2. The molecule has 0 aliphatic heterocycles. The van der Waals surface area contributed by atoms with E-state index < -0.39 is 11.9 Å². The highest BCUT2D eigenvalue weighted by molar-refractivity contribution is 5.93. The number of anilines is 1. The van der Waals surface area contributed by atoms with E-state index in [1.807, 2.05) is 0 Å². The molecule has 0 amide bonds. The van der Waals surface area contributed by atoms with Crippen LogP contribution in [0.25, 0.3) is 0 Å². The standard InChI is InChI=1S/C12H15FN2O2/c13-10-7-6-9(12(16)17)11(15-10)14-8-4-2-1-3-5-8/h6-8H,1-5H2,(H,14,15)(H,16,17). The number of carboxylic acids is 1. The lowest BCUT2D eigenvalue weighted by Gasteiger charge is -2.23. The number of nitrogens with zero attached hydrogens (tertiary/aromatic N) is 1. The number of rotatable bonds is 3. The summed E-state index contributed by atoms with van der Waals surface area (Å²) in [5.74, 6) is -1.60. The lowest BCUT2D eigenvalue weighted by atomic mass is 9.95. The van der Waals surface area contributed by atoms with Crippen molar-refractivity contribution in [3.63, 3.8) is 0 Å². The maximum absolute atomic E-state index is 13.0. The van der Waals surface area contributed by atoms with Crippen molar-refractivity contribution in [1.29, 1.82) is 0 Å². The van der Waals surface area contributed by atoms with E-state index in [0.29, 0.717) is 0 Å². The monoisotopic (exact) mass is 238 g/mol. The van der Waals surface area contributed by atoms with Crippen molar-refractivity contribution in [1.82, 2.24) is 4.98 Å². The molecule has 0 saturated heterocycles. The van der Waals surface area contributed by atoms with Crippen LogP contribution in [0, 0.1) is 5.95 Å². The van der Waals surface area contributed by atoms with Crippen LogP contribution in [0.3, 0.4) is 0 Å². The summed E-state index contributed by atoms with van der Waals surface area (Å²) in [4.78, 5) is 14.6. The predicted octanol–water partition coefficient (Wildman–Crippen LogP) is 2.66. The van der Waals surface area contributed by atoms with E-state index in [1.165, 1.54) is 12.5 Å². The molecular weight excluding hydrogens is 223 g/mol. The second kappa shape index (κ2) is 5.12. The molecule has 1 aliphatic rings. The Morgan fingerprint density at radius 2 is 2.06 bits per heavy atom. The first kappa shape index (κ1) is 11.8. The largest absolute Gasteiger partial charge is 0.478 e. The first-order chi connectivity index (χ1) is 8.16. The normalized spacial score (nSPS) is 16.8. The fourth-order valence-corrected chi connectivity index (χ4v) is 2.16. The molecule has 1 aromatic heterocycles. The fourth-order valence-electron chi connectivity index (χ4n) is 2.16. The number of halogens is 1. The fraction of sp³-hybridized carbons (Fsp3) is 0.500. The molecule has 1 aliphatic carbocycles. The molecule has 17 heavy (non-hydrogen) atoms. The molecule has 1 aromatic rings. The quantitative estimate of drug-likeness (QED) is 0.795. The predicted molar refractivity (Wildman–Crippen MR) is 61.7 cm³/mol. The molecule has 0 bridgehead atoms. The maximum atomic E-state index is 13.0. The average Bonchev–Trinajstić information content (AvgIpc) is 2.30. The van der Waals surface area contributed by atoms with Gasteiger partial charge in [-0.05, 0) is 25.0 Å². The molecule has 0 spiro atoms. The van der Waals surface area contributed by atoms with Crippen molar-refractivity contribution < 1.29 is 14.3 Å². The maximum Gasteiger partial charge on any atom is 0.339 e. The summed E-state index contributed by atoms with van der Waals surface area (Å²) < 4.78 is 13.0. The van der Waals surface area contributed by atoms with Gasteiger partial charge in [0.2, 0.25) is 5.95 Å². The highest BCUT2D eigenvalue weighted by atomic mass is 19.1. The van der Waals surface area contributed by atoms with Gasteiger partial charge in [0, 0.05) is 6.04 Å². The number of pyridine rings is 1. The molecule has 0 aromatic carbocycles. The third-order valence-electron chi connectivity index (χ3n) is 3.04. The average molecular weight is 238 g/mol. The second-order valence-electron chi connectivity index (χ2n) is 4.31. The van der Waals surface area contributed by atoms with E-state index in [1.54, 1.807) is 0 Å². The number of hydrogen-bond donors (Lipinski definition) is 2. The van der Waals surface area contributed by atoms with Gasteiger partial charge in [0.05, 0.1) is 0 Å². The Labute approximate surface area is 98.9 Å². The second-order valence-corrected chi connectivity index (χ2v) is 4.31. The SMILES string of the molecule is O=C(O)c1ccc(F)nc1NC1CCCCC1. The Kier molecular flexibility index (Phi) is 3.56. The number of aromatic carboxylic acids is 1. The van der Waals surface area contributed by atoms with Crippen molar-refractivity contribution in [3.8, 4) is 0 Å². The highest BCUT2D eigenvalue weighted by Crippen LogP contribution is 2.22. The highest BCUT2D eigenvalue weighted by Gasteiger charge is 2.18. The van der Waals surface area contributed by atoms with Gasteiger partial charge >= 0.3 is 5.97 Å². The van der Waals surface area contributed by atoms with E-state index in [9.17, 15) is 9.18 Å². The summed E-state index contributed by atoms with van der Waals surface area (Å²) in [5, 5.41) is 12.0. The van der Waals surface area contributed by atoms with Crippen molar-refractivity contribution in [2.75, 3.05) is 5.32 Å². The minimum absolute atomic E-state index is 0.0250. The summed E-state index contributed by atoms with van der Waals surface area (Å²) in [6, 6.07) is 2.52. The number of hydrogen-bond acceptors (Lipinski definition) is 3. The van der Waals surface area contributed by atoms with E-state index in [0.717, 1.165) is 31.7 Å². The van der Waals surface area contributed by atoms with Gasteiger partial charge in [-0.15, -0.1) is 0 Å². The van der Waals surface area contributed by atoms with E-state index in [4.69, 9.17) is 5.11 Å². The number of carboxylic acid groups (broad SMARTS) is 1. The molecule has 92 valence electrons. The number of carbonyl (C=O) groups is 1. The van der Waals surface area contributed by atoms with Gasteiger partial charge in [0.25, 0.3) is 0 Å². The van der Waals surface area contributed by atoms with Gasteiger partial charge in [-0.1, -0.05) is 19.3 Å². The molecule has 5 heteroatoms. The molecule has 1 saturated carbocycles. The van der Waals surface area contributed by atoms with Gasteiger partial charge in [-0.3, -0.25) is 0 Å². The van der Waals surface area contributed by atoms with E-state index in [2.05, 4.69) is 10.3 Å². The molecule has 0 radical (unpaired) electrons. The zero-order valence-corrected chi connectivity index (χ0v) is 9.45. The van der Waals surface area contributed by atoms with Crippen LogP contribution in [0.2, 0.25) is 0 Å². The third-order valence-corrected chi connectivity index (χ3v) is 3.04. The minimum Gasteiger partial charge on any atom is -0.478 e. The first-order valence-electron chi connectivity index (χ1n) is 5.83. The Hall–Kier alpha value is -1.65. The van der Waals surface area contributed by atoms with Crippen molar-refractivity contribution in [3.05, 3.63) is 23.6 Å². The van der Waals surface area contributed by atoms with Crippen LogP contribution >= 0.6 is 0 Å². The van der Waals surface area contributed by atoms with Crippen molar-refractivity contribution in [2.24, 2.45) is 0 Å². The van der Waals surface area contributed by atoms with E-state index in [-0.39, 0.29) is 17.4 Å². The Balaban J connectivity index is 2.17. The van der Waals surface area contributed by atoms with Crippen molar-refractivity contribution >= 4 is 11.8 Å². The van der Waals surface area contributed by atoms with Gasteiger partial charge < -0.3 is 10.4 Å². The zero-order chi connectivity index (χ0) is 12.3. The molecule has 2 N–H and O–H groups in total. The van der Waals surface area contributed by atoms with Crippen LogP contribution < -0.4 is 5.32 Å². The molecule has 0 atom stereocenters. The van der Waals surface area contributed by atoms with Crippen LogP contribution in [0.1, 0.15) is 42.5 Å². The smallest absolute Gasteiger partial charge is 0.339 e. The van der Waals surface area contributed by atoms with Gasteiger partial charge in [0.1, 0.15) is 11.4 Å². The molecule has 2 rings (SSSR count). The summed E-state index contributed by atoms with van der Waals surface area (Å²) in [6.07, 6.45) is 5.42. The Morgan fingerprint density at radius 3 is 2.71 bits per heavy atom. The van der Waals surface area contributed by atoms with Gasteiger partial charge in [-0.25, -0.2) is 9.78 Å². The van der Waals surface area contributed by atoms with Crippen LogP contribution in [0.4, 0.5) is 10.2 Å². The lowest BCUT2D eigenvalue weighted by Crippen LogP contribution is -2.24. The summed E-state index contributed by atoms with van der Waals surface area (Å²) >= 11 is 0. The van der Waals surface area contributed by atoms with Crippen LogP contribution in [0.5, 0.6) is 0 Å². The number of aromatic nitrogens is 1. The number of nitrogens with one attached hydrogen (secondary N) is 1. The summed E-state index contributed by atoms with van der Waals surface area (Å²) in [7, 11) is 0. The van der Waals surface area contributed by atoms with Crippen LogP contribution in [-0.2, 0) is 0 Å². The molecule has 4 nitrogen and oxygen atoms in total. The van der Waals surface area contributed by atoms with E-state index >= 15 is 0 Å². The zero-order valence-electron chi connectivity index (χ0n) is 9.45. The van der Waals surface area contributed by atoms with Crippen LogP contribution in [0.15, 0.2) is 12.1 Å². The summed E-state index contributed by atoms with van der Waals surface area (Å²) in [5.41, 5.74) is 0.0250. The topological polar surface area (TPSA) is 62.2 Å². The summed E-state index contributed by atoms with van der Waals surface area (Å²) in [6.45, 7) is 0. The van der Waals surface area contributed by atoms with Crippen LogP contribution in [-0.4, -0.2) is 22.1 Å². The Bertz CT molecular complexity index is 417. The Morgan fingerprint density at radius 1 is 1.35 bits per heavy atom. The van der Waals surface area contributed by atoms with Gasteiger partial charge in [0.15, 0.2) is 0 Å². The minimum atomic E-state index is -1.09. The van der Waals surface area contributed by atoms with Gasteiger partial charge in [-0.2, -0.15) is 4.39 Å². The third kappa shape index (κ3) is 2.93. The first-order valence-corrected chi connectivity index (χ1v) is 5.83. The van der Waals surface area contributed by atoms with Crippen molar-refractivity contribution in [2.45, 2.75) is 38.1 Å². The molecule has 0 unspecified atom stereocenters. The molecule has 1 fully saturated rings. The lowest BCUT2D eigenvalue weighted by molar-refractivity contribution is 0.0697. The molecule has 1 heterocycles.